The minimum absolute atomic E-state index is 0.298. The lowest BCUT2D eigenvalue weighted by atomic mass is 10.2. The third kappa shape index (κ3) is 5.93. The van der Waals surface area contributed by atoms with Crippen LogP contribution < -0.4 is 20.3 Å². The number of carbonyl (C=O) groups is 1. The molecule has 0 spiro atoms. The first kappa shape index (κ1) is 20.6. The molecular formula is C23H22N4O3. The molecule has 0 heterocycles. The molecule has 2 N–H and O–H groups in total. The quantitative estimate of drug-likeness (QED) is 0.442. The van der Waals surface area contributed by atoms with Gasteiger partial charge in [0.2, 0.25) is 0 Å². The fourth-order valence-corrected chi connectivity index (χ4v) is 2.49. The van der Waals surface area contributed by atoms with Gasteiger partial charge in [0.1, 0.15) is 11.5 Å². The monoisotopic (exact) mass is 402 g/mol. The molecule has 3 aromatic carbocycles. The topological polar surface area (TPSA) is 84.3 Å². The van der Waals surface area contributed by atoms with Gasteiger partial charge in [-0.1, -0.05) is 0 Å². The maximum atomic E-state index is 12.2. The van der Waals surface area contributed by atoms with Crippen LogP contribution in [0.4, 0.5) is 5.69 Å². The minimum atomic E-state index is -0.298. The summed E-state index contributed by atoms with van der Waals surface area (Å²) in [5, 5.41) is 8.17. The SMILES string of the molecule is COc1ccc(/C=N\NC(=O)c2ccc(N/N=C\c3ccc(OC)cc3)cc2)cc1. The van der Waals surface area contributed by atoms with Crippen LogP contribution in [0.15, 0.2) is 83.0 Å². The van der Waals surface area contributed by atoms with Gasteiger partial charge >= 0.3 is 0 Å². The summed E-state index contributed by atoms with van der Waals surface area (Å²) in [5.74, 6) is 1.26. The van der Waals surface area contributed by atoms with Gasteiger partial charge in [0.25, 0.3) is 5.91 Å². The number of benzene rings is 3. The van der Waals surface area contributed by atoms with E-state index in [-0.39, 0.29) is 5.91 Å². The smallest absolute Gasteiger partial charge is 0.271 e. The predicted molar refractivity (Wildman–Crippen MR) is 119 cm³/mol. The van der Waals surface area contributed by atoms with Crippen molar-refractivity contribution in [2.75, 3.05) is 19.6 Å². The lowest BCUT2D eigenvalue weighted by Crippen LogP contribution is -2.17. The normalized spacial score (nSPS) is 10.9. The Bertz CT molecular complexity index is 1010. The van der Waals surface area contributed by atoms with Crippen LogP contribution in [0, 0.1) is 0 Å². The van der Waals surface area contributed by atoms with Crippen LogP contribution in [0.2, 0.25) is 0 Å². The first-order chi connectivity index (χ1) is 14.7. The molecule has 1 amide bonds. The third-order valence-corrected chi connectivity index (χ3v) is 4.17. The first-order valence-electron chi connectivity index (χ1n) is 9.18. The van der Waals surface area contributed by atoms with Gasteiger partial charge in [0.15, 0.2) is 0 Å². The zero-order valence-corrected chi connectivity index (χ0v) is 16.7. The first-order valence-corrected chi connectivity index (χ1v) is 9.18. The van der Waals surface area contributed by atoms with Crippen molar-refractivity contribution in [3.8, 4) is 11.5 Å². The second-order valence-corrected chi connectivity index (χ2v) is 6.19. The summed E-state index contributed by atoms with van der Waals surface area (Å²) >= 11 is 0. The second-order valence-electron chi connectivity index (χ2n) is 6.19. The van der Waals surface area contributed by atoms with Crippen LogP contribution in [0.1, 0.15) is 21.5 Å². The number of hydrogen-bond donors (Lipinski definition) is 2. The molecule has 0 fully saturated rings. The number of nitrogens with one attached hydrogen (secondary N) is 2. The number of rotatable bonds is 8. The van der Waals surface area contributed by atoms with Crippen LogP contribution in [0.5, 0.6) is 11.5 Å². The molecule has 0 aliphatic rings. The van der Waals surface area contributed by atoms with E-state index >= 15 is 0 Å². The standard InChI is InChI=1S/C23H22N4O3/c1-29-21-11-3-17(4-12-21)15-24-26-20-9-7-19(8-10-20)23(28)27-25-16-18-5-13-22(30-2)14-6-18/h3-16,26H,1-2H3,(H,27,28)/b24-15-,25-16-. The van der Waals surface area contributed by atoms with Crippen LogP contribution in [0.25, 0.3) is 0 Å². The number of amides is 1. The van der Waals surface area contributed by atoms with Crippen LogP contribution in [-0.2, 0) is 0 Å². The molecule has 0 aliphatic heterocycles. The maximum Gasteiger partial charge on any atom is 0.271 e. The molecule has 0 saturated carbocycles. The minimum Gasteiger partial charge on any atom is -0.497 e. The van der Waals surface area contributed by atoms with E-state index < -0.39 is 0 Å². The highest BCUT2D eigenvalue weighted by Gasteiger charge is 2.03. The predicted octanol–water partition coefficient (Wildman–Crippen LogP) is 3.91. The van der Waals surface area contributed by atoms with E-state index in [0.717, 1.165) is 28.3 Å². The molecule has 0 atom stereocenters. The Morgan fingerprint density at radius 2 is 1.23 bits per heavy atom. The molecule has 3 aromatic rings. The highest BCUT2D eigenvalue weighted by Crippen LogP contribution is 2.12. The van der Waals surface area contributed by atoms with E-state index in [1.807, 2.05) is 48.5 Å². The number of methoxy groups -OCH3 is 2. The van der Waals surface area contributed by atoms with E-state index in [1.54, 1.807) is 50.9 Å². The van der Waals surface area contributed by atoms with Gasteiger partial charge < -0.3 is 9.47 Å². The van der Waals surface area contributed by atoms with Crippen LogP contribution >= 0.6 is 0 Å². The van der Waals surface area contributed by atoms with E-state index in [9.17, 15) is 4.79 Å². The molecule has 0 saturated heterocycles. The lowest BCUT2D eigenvalue weighted by molar-refractivity contribution is 0.0955. The summed E-state index contributed by atoms with van der Waals surface area (Å²) in [5.41, 5.74) is 8.48. The van der Waals surface area contributed by atoms with Crippen molar-refractivity contribution < 1.29 is 14.3 Å². The van der Waals surface area contributed by atoms with E-state index in [0.29, 0.717) is 5.56 Å². The lowest BCUT2D eigenvalue weighted by Gasteiger charge is -2.03. The fourth-order valence-electron chi connectivity index (χ4n) is 2.49. The Morgan fingerprint density at radius 1 is 0.733 bits per heavy atom. The van der Waals surface area contributed by atoms with Gasteiger partial charge in [0.05, 0.1) is 32.3 Å². The van der Waals surface area contributed by atoms with Crippen molar-refractivity contribution >= 4 is 24.0 Å². The molecule has 7 nitrogen and oxygen atoms in total. The van der Waals surface area contributed by atoms with Crippen LogP contribution in [0.3, 0.4) is 0 Å². The number of nitrogens with zero attached hydrogens (tertiary/aromatic N) is 2. The van der Waals surface area contributed by atoms with Gasteiger partial charge in [-0.3, -0.25) is 10.2 Å². The summed E-state index contributed by atoms with van der Waals surface area (Å²) in [6.07, 6.45) is 3.27. The van der Waals surface area contributed by atoms with Crippen molar-refractivity contribution in [3.05, 3.63) is 89.5 Å². The Labute approximate surface area is 175 Å². The van der Waals surface area contributed by atoms with Crippen molar-refractivity contribution in [1.82, 2.24) is 5.43 Å². The Kier molecular flexibility index (Phi) is 7.16. The van der Waals surface area contributed by atoms with Gasteiger partial charge in [0, 0.05) is 5.56 Å². The van der Waals surface area contributed by atoms with Crippen molar-refractivity contribution in [3.63, 3.8) is 0 Å². The number of ether oxygens (including phenoxy) is 2. The summed E-state index contributed by atoms with van der Waals surface area (Å²) in [7, 11) is 3.24. The fraction of sp³-hybridized carbons (Fsp3) is 0.0870. The van der Waals surface area contributed by atoms with Crippen molar-refractivity contribution in [2.24, 2.45) is 10.2 Å². The zero-order chi connectivity index (χ0) is 21.2. The maximum absolute atomic E-state index is 12.2. The largest absolute Gasteiger partial charge is 0.497 e. The summed E-state index contributed by atoms with van der Waals surface area (Å²) in [6.45, 7) is 0. The van der Waals surface area contributed by atoms with E-state index in [1.165, 1.54) is 0 Å². The van der Waals surface area contributed by atoms with Crippen molar-refractivity contribution in [1.29, 1.82) is 0 Å². The van der Waals surface area contributed by atoms with Crippen LogP contribution in [-0.4, -0.2) is 32.6 Å². The Hall–Kier alpha value is -4.13. The molecule has 30 heavy (non-hydrogen) atoms. The summed E-state index contributed by atoms with van der Waals surface area (Å²) < 4.78 is 10.2. The number of hydrogen-bond acceptors (Lipinski definition) is 6. The average Bonchev–Trinajstić information content (AvgIpc) is 2.80. The number of anilines is 1. The molecule has 0 aromatic heterocycles. The van der Waals surface area contributed by atoms with Gasteiger partial charge in [-0.2, -0.15) is 10.2 Å². The van der Waals surface area contributed by atoms with Gasteiger partial charge in [-0.05, 0) is 83.9 Å². The molecular weight excluding hydrogens is 380 g/mol. The van der Waals surface area contributed by atoms with Gasteiger partial charge in [-0.15, -0.1) is 0 Å². The number of carbonyl (C=O) groups excluding carboxylic acids is 1. The summed E-state index contributed by atoms with van der Waals surface area (Å²) in [6, 6.07) is 21.8. The third-order valence-electron chi connectivity index (χ3n) is 4.17. The Morgan fingerprint density at radius 3 is 1.73 bits per heavy atom. The second kappa shape index (κ2) is 10.4. The molecule has 0 aliphatic carbocycles. The Balaban J connectivity index is 1.50. The van der Waals surface area contributed by atoms with Crippen molar-refractivity contribution in [2.45, 2.75) is 0 Å². The molecule has 0 radical (unpaired) electrons. The zero-order valence-electron chi connectivity index (χ0n) is 16.7. The molecule has 0 unspecified atom stereocenters. The molecule has 7 heteroatoms. The molecule has 0 bridgehead atoms. The van der Waals surface area contributed by atoms with E-state index in [4.69, 9.17) is 9.47 Å². The van der Waals surface area contributed by atoms with E-state index in [2.05, 4.69) is 21.1 Å². The highest BCUT2D eigenvalue weighted by atomic mass is 16.5. The molecule has 152 valence electrons. The molecule has 3 rings (SSSR count). The number of hydrazone groups is 2. The highest BCUT2D eigenvalue weighted by molar-refractivity contribution is 5.95. The average molecular weight is 402 g/mol. The van der Waals surface area contributed by atoms with Gasteiger partial charge in [-0.25, -0.2) is 5.43 Å². The summed E-state index contributed by atoms with van der Waals surface area (Å²) in [4.78, 5) is 12.2.